The van der Waals surface area contributed by atoms with Gasteiger partial charge in [-0.2, -0.15) is 11.8 Å². The minimum atomic E-state index is -0.109. The van der Waals surface area contributed by atoms with Gasteiger partial charge in [-0.1, -0.05) is 12.1 Å². The summed E-state index contributed by atoms with van der Waals surface area (Å²) in [6, 6.07) is 8.17. The molecule has 0 bridgehead atoms. The molecular weight excluding hydrogens is 282 g/mol. The standard InChI is InChI=1S/C16H25N3OS/c1-12(17-2)14-3-5-15(6-4-14)19-16(20)18-11-13-7-9-21-10-8-13/h3-6,12-13,17H,7-11H2,1-2H3,(H2,18,19,20). The molecule has 1 heterocycles. The van der Waals surface area contributed by atoms with E-state index in [9.17, 15) is 4.79 Å². The molecule has 0 saturated carbocycles. The lowest BCUT2D eigenvalue weighted by molar-refractivity contribution is 0.249. The quantitative estimate of drug-likeness (QED) is 0.783. The van der Waals surface area contributed by atoms with Crippen LogP contribution in [0, 0.1) is 5.92 Å². The lowest BCUT2D eigenvalue weighted by atomic mass is 10.0. The second-order valence-corrected chi connectivity index (χ2v) is 6.75. The average molecular weight is 307 g/mol. The van der Waals surface area contributed by atoms with Crippen LogP contribution in [0.3, 0.4) is 0 Å². The number of anilines is 1. The molecule has 116 valence electrons. The Labute approximate surface area is 131 Å². The highest BCUT2D eigenvalue weighted by Gasteiger charge is 2.14. The van der Waals surface area contributed by atoms with Crippen molar-refractivity contribution < 1.29 is 4.79 Å². The van der Waals surface area contributed by atoms with E-state index in [4.69, 9.17) is 0 Å². The number of hydrogen-bond acceptors (Lipinski definition) is 3. The van der Waals surface area contributed by atoms with Crippen LogP contribution in [-0.4, -0.2) is 31.1 Å². The van der Waals surface area contributed by atoms with Crippen LogP contribution in [-0.2, 0) is 0 Å². The molecule has 3 N–H and O–H groups in total. The summed E-state index contributed by atoms with van der Waals surface area (Å²) in [6.45, 7) is 2.89. The van der Waals surface area contributed by atoms with Crippen LogP contribution in [0.2, 0.25) is 0 Å². The Hall–Kier alpha value is -1.20. The summed E-state index contributed by atoms with van der Waals surface area (Å²) in [6.07, 6.45) is 2.42. The zero-order chi connectivity index (χ0) is 15.1. The van der Waals surface area contributed by atoms with Gasteiger partial charge in [-0.25, -0.2) is 4.79 Å². The summed E-state index contributed by atoms with van der Waals surface area (Å²) in [5.74, 6) is 3.08. The van der Waals surface area contributed by atoms with Crippen molar-refractivity contribution in [3.05, 3.63) is 29.8 Å². The number of rotatable bonds is 5. The van der Waals surface area contributed by atoms with Gasteiger partial charge in [0.25, 0.3) is 0 Å². The SMILES string of the molecule is CNC(C)c1ccc(NC(=O)NCC2CCSCC2)cc1. The Kier molecular flexibility index (Phi) is 6.39. The minimum Gasteiger partial charge on any atom is -0.338 e. The fourth-order valence-corrected chi connectivity index (χ4v) is 3.59. The second kappa shape index (κ2) is 8.29. The normalized spacial score (nSPS) is 17.2. The first-order valence-electron chi connectivity index (χ1n) is 7.59. The Balaban J connectivity index is 1.76. The molecule has 1 aliphatic heterocycles. The van der Waals surface area contributed by atoms with E-state index in [2.05, 4.69) is 22.9 Å². The van der Waals surface area contributed by atoms with Gasteiger partial charge >= 0.3 is 6.03 Å². The van der Waals surface area contributed by atoms with Gasteiger partial charge in [0.1, 0.15) is 0 Å². The van der Waals surface area contributed by atoms with Crippen molar-refractivity contribution in [2.75, 3.05) is 30.4 Å². The summed E-state index contributed by atoms with van der Waals surface area (Å²) < 4.78 is 0. The van der Waals surface area contributed by atoms with Gasteiger partial charge in [0, 0.05) is 18.3 Å². The van der Waals surface area contributed by atoms with E-state index in [0.717, 1.165) is 12.2 Å². The van der Waals surface area contributed by atoms with Crippen LogP contribution in [0.4, 0.5) is 10.5 Å². The Morgan fingerprint density at radius 2 is 1.95 bits per heavy atom. The molecule has 0 spiro atoms. The molecule has 5 heteroatoms. The van der Waals surface area contributed by atoms with Gasteiger partial charge in [-0.15, -0.1) is 0 Å². The number of urea groups is 1. The molecule has 2 rings (SSSR count). The summed E-state index contributed by atoms with van der Waals surface area (Å²) in [5, 5.41) is 9.06. The Bertz CT molecular complexity index is 443. The number of hydrogen-bond donors (Lipinski definition) is 3. The lowest BCUT2D eigenvalue weighted by Crippen LogP contribution is -2.34. The molecular formula is C16H25N3OS. The summed E-state index contributed by atoms with van der Waals surface area (Å²) in [5.41, 5.74) is 2.04. The predicted molar refractivity (Wildman–Crippen MR) is 91.0 cm³/mol. The van der Waals surface area contributed by atoms with Gasteiger partial charge in [0.15, 0.2) is 0 Å². The highest BCUT2D eigenvalue weighted by atomic mass is 32.2. The van der Waals surface area contributed by atoms with Crippen molar-refractivity contribution in [2.45, 2.75) is 25.8 Å². The van der Waals surface area contributed by atoms with Crippen molar-refractivity contribution in [3.63, 3.8) is 0 Å². The molecule has 1 aromatic rings. The first-order valence-corrected chi connectivity index (χ1v) is 8.74. The molecule has 0 aliphatic carbocycles. The number of amides is 2. The number of carbonyl (C=O) groups excluding carboxylic acids is 1. The fraction of sp³-hybridized carbons (Fsp3) is 0.562. The number of carbonyl (C=O) groups is 1. The summed E-state index contributed by atoms with van der Waals surface area (Å²) >= 11 is 2.01. The zero-order valence-electron chi connectivity index (χ0n) is 12.8. The Morgan fingerprint density at radius 3 is 2.57 bits per heavy atom. The van der Waals surface area contributed by atoms with Crippen LogP contribution in [0.5, 0.6) is 0 Å². The molecule has 1 saturated heterocycles. The van der Waals surface area contributed by atoms with E-state index < -0.39 is 0 Å². The van der Waals surface area contributed by atoms with E-state index >= 15 is 0 Å². The van der Waals surface area contributed by atoms with Crippen LogP contribution < -0.4 is 16.0 Å². The molecule has 1 aromatic carbocycles. The van der Waals surface area contributed by atoms with Crippen LogP contribution >= 0.6 is 11.8 Å². The molecule has 1 fully saturated rings. The van der Waals surface area contributed by atoms with Crippen LogP contribution in [0.25, 0.3) is 0 Å². The van der Waals surface area contributed by atoms with Crippen molar-refractivity contribution in [1.82, 2.24) is 10.6 Å². The summed E-state index contributed by atoms with van der Waals surface area (Å²) in [7, 11) is 1.94. The second-order valence-electron chi connectivity index (χ2n) is 5.52. The van der Waals surface area contributed by atoms with Gasteiger partial charge < -0.3 is 16.0 Å². The molecule has 2 amide bonds. The topological polar surface area (TPSA) is 53.2 Å². The van der Waals surface area contributed by atoms with E-state index in [1.807, 2.05) is 43.1 Å². The van der Waals surface area contributed by atoms with Gasteiger partial charge in [0.05, 0.1) is 0 Å². The first-order chi connectivity index (χ1) is 10.2. The van der Waals surface area contributed by atoms with Crippen molar-refractivity contribution >= 4 is 23.5 Å². The third-order valence-corrected chi connectivity index (χ3v) is 5.04. The Morgan fingerprint density at radius 1 is 1.29 bits per heavy atom. The molecule has 1 unspecified atom stereocenters. The number of benzene rings is 1. The van der Waals surface area contributed by atoms with E-state index in [1.165, 1.54) is 29.9 Å². The predicted octanol–water partition coefficient (Wildman–Crippen LogP) is 3.23. The van der Waals surface area contributed by atoms with Crippen LogP contribution in [0.1, 0.15) is 31.4 Å². The maximum atomic E-state index is 11.9. The zero-order valence-corrected chi connectivity index (χ0v) is 13.6. The molecule has 0 radical (unpaired) electrons. The molecule has 4 nitrogen and oxygen atoms in total. The third-order valence-electron chi connectivity index (χ3n) is 3.99. The highest BCUT2D eigenvalue weighted by Crippen LogP contribution is 2.22. The third kappa shape index (κ3) is 5.25. The minimum absolute atomic E-state index is 0.109. The fourth-order valence-electron chi connectivity index (χ4n) is 2.38. The maximum Gasteiger partial charge on any atom is 0.319 e. The first kappa shape index (κ1) is 16.2. The number of thioether (sulfide) groups is 1. The van der Waals surface area contributed by atoms with E-state index in [1.54, 1.807) is 0 Å². The van der Waals surface area contributed by atoms with Gasteiger partial charge in [0.2, 0.25) is 0 Å². The maximum absolute atomic E-state index is 11.9. The largest absolute Gasteiger partial charge is 0.338 e. The van der Waals surface area contributed by atoms with E-state index in [-0.39, 0.29) is 6.03 Å². The number of nitrogens with one attached hydrogen (secondary N) is 3. The molecule has 1 atom stereocenters. The average Bonchev–Trinajstić information content (AvgIpc) is 2.54. The van der Waals surface area contributed by atoms with Crippen molar-refractivity contribution in [1.29, 1.82) is 0 Å². The molecule has 21 heavy (non-hydrogen) atoms. The molecule has 1 aliphatic rings. The monoisotopic (exact) mass is 307 g/mol. The van der Waals surface area contributed by atoms with Gasteiger partial charge in [-0.3, -0.25) is 0 Å². The van der Waals surface area contributed by atoms with Crippen LogP contribution in [0.15, 0.2) is 24.3 Å². The van der Waals surface area contributed by atoms with Crippen molar-refractivity contribution in [3.8, 4) is 0 Å². The van der Waals surface area contributed by atoms with Gasteiger partial charge in [-0.05, 0) is 61.9 Å². The van der Waals surface area contributed by atoms with Crippen molar-refractivity contribution in [2.24, 2.45) is 5.92 Å². The highest BCUT2D eigenvalue weighted by molar-refractivity contribution is 7.99. The molecule has 0 aromatic heterocycles. The lowest BCUT2D eigenvalue weighted by Gasteiger charge is -2.21. The van der Waals surface area contributed by atoms with E-state index in [0.29, 0.717) is 12.0 Å². The smallest absolute Gasteiger partial charge is 0.319 e. The summed E-state index contributed by atoms with van der Waals surface area (Å²) in [4.78, 5) is 11.9.